The molecule has 1 saturated carbocycles. The molecule has 3 aliphatic rings. The summed E-state index contributed by atoms with van der Waals surface area (Å²) in [6, 6.07) is 4.60. The van der Waals surface area contributed by atoms with E-state index in [2.05, 4.69) is 10.6 Å². The van der Waals surface area contributed by atoms with Gasteiger partial charge in [-0.05, 0) is 43.4 Å². The van der Waals surface area contributed by atoms with Gasteiger partial charge in [-0.3, -0.25) is 14.5 Å². The van der Waals surface area contributed by atoms with Gasteiger partial charge in [-0.2, -0.15) is 0 Å². The molecule has 29 heavy (non-hydrogen) atoms. The van der Waals surface area contributed by atoms with Crippen LogP contribution in [0.3, 0.4) is 0 Å². The van der Waals surface area contributed by atoms with Crippen LogP contribution in [0.15, 0.2) is 18.2 Å². The van der Waals surface area contributed by atoms with Crippen molar-refractivity contribution < 1.29 is 23.9 Å². The van der Waals surface area contributed by atoms with Crippen molar-refractivity contribution in [3.8, 4) is 11.5 Å². The van der Waals surface area contributed by atoms with Crippen LogP contribution in [0.25, 0.3) is 0 Å². The maximum Gasteiger partial charge on any atom is 0.325 e. The predicted molar refractivity (Wildman–Crippen MR) is 105 cm³/mol. The van der Waals surface area contributed by atoms with Gasteiger partial charge in [-0.1, -0.05) is 25.3 Å². The summed E-state index contributed by atoms with van der Waals surface area (Å²) in [5.41, 5.74) is -0.665. The SMILES string of the molecule is CC1(c2ccc3c(c2)OCCO3)NC(=O)N(CC(=O)NCC2CCCCC2)C1=O. The molecule has 0 radical (unpaired) electrons. The maximum atomic E-state index is 13.0. The highest BCUT2D eigenvalue weighted by molar-refractivity contribution is 6.09. The summed E-state index contributed by atoms with van der Waals surface area (Å²) < 4.78 is 11.1. The summed E-state index contributed by atoms with van der Waals surface area (Å²) in [6.45, 7) is 2.86. The molecule has 8 nitrogen and oxygen atoms in total. The van der Waals surface area contributed by atoms with Crippen LogP contribution in [0.2, 0.25) is 0 Å². The van der Waals surface area contributed by atoms with E-state index in [-0.39, 0.29) is 12.5 Å². The summed E-state index contributed by atoms with van der Waals surface area (Å²) >= 11 is 0. The highest BCUT2D eigenvalue weighted by Crippen LogP contribution is 2.36. The molecule has 1 aliphatic carbocycles. The zero-order valence-corrected chi connectivity index (χ0v) is 16.7. The van der Waals surface area contributed by atoms with Crippen LogP contribution in [0.5, 0.6) is 11.5 Å². The predicted octanol–water partition coefficient (Wildman–Crippen LogP) is 1.92. The molecule has 2 fully saturated rings. The van der Waals surface area contributed by atoms with Gasteiger partial charge in [0.25, 0.3) is 5.91 Å². The second kappa shape index (κ2) is 7.93. The fraction of sp³-hybridized carbons (Fsp3) is 0.571. The lowest BCUT2D eigenvalue weighted by molar-refractivity contribution is -0.134. The summed E-state index contributed by atoms with van der Waals surface area (Å²) in [5.74, 6) is 0.872. The van der Waals surface area contributed by atoms with E-state index in [1.54, 1.807) is 25.1 Å². The zero-order valence-electron chi connectivity index (χ0n) is 16.7. The van der Waals surface area contributed by atoms with Crippen molar-refractivity contribution in [2.75, 3.05) is 26.3 Å². The molecular weight excluding hydrogens is 374 g/mol. The fourth-order valence-corrected chi connectivity index (χ4v) is 4.24. The molecule has 0 spiro atoms. The number of amides is 4. The smallest absolute Gasteiger partial charge is 0.325 e. The maximum absolute atomic E-state index is 13.0. The minimum atomic E-state index is -1.25. The lowest BCUT2D eigenvalue weighted by Gasteiger charge is -2.25. The van der Waals surface area contributed by atoms with Gasteiger partial charge in [-0.25, -0.2) is 4.79 Å². The second-order valence-corrected chi connectivity index (χ2v) is 8.11. The topological polar surface area (TPSA) is 97.0 Å². The molecule has 1 aromatic carbocycles. The van der Waals surface area contributed by atoms with E-state index in [9.17, 15) is 14.4 Å². The number of hydrogen-bond acceptors (Lipinski definition) is 5. The number of fused-ring (bicyclic) bond motifs is 1. The van der Waals surface area contributed by atoms with E-state index in [1.807, 2.05) is 0 Å². The third-order valence-electron chi connectivity index (χ3n) is 6.01. The zero-order chi connectivity index (χ0) is 20.4. The number of carbonyl (C=O) groups is 3. The van der Waals surface area contributed by atoms with E-state index in [0.29, 0.717) is 42.7 Å². The van der Waals surface area contributed by atoms with Crippen molar-refractivity contribution in [1.29, 1.82) is 0 Å². The third-order valence-corrected chi connectivity index (χ3v) is 6.01. The van der Waals surface area contributed by atoms with Crippen LogP contribution in [0.1, 0.15) is 44.6 Å². The first-order valence-electron chi connectivity index (χ1n) is 10.3. The Morgan fingerprint density at radius 3 is 2.66 bits per heavy atom. The summed E-state index contributed by atoms with van der Waals surface area (Å²) in [7, 11) is 0. The number of nitrogens with one attached hydrogen (secondary N) is 2. The Balaban J connectivity index is 1.42. The molecule has 4 amide bonds. The van der Waals surface area contributed by atoms with E-state index < -0.39 is 17.5 Å². The molecule has 1 unspecified atom stereocenters. The Labute approximate surface area is 169 Å². The molecule has 0 aromatic heterocycles. The quantitative estimate of drug-likeness (QED) is 0.735. The largest absolute Gasteiger partial charge is 0.486 e. The first-order valence-corrected chi connectivity index (χ1v) is 10.3. The van der Waals surface area contributed by atoms with Crippen LogP contribution in [-0.2, 0) is 15.1 Å². The minimum absolute atomic E-state index is 0.280. The summed E-state index contributed by atoms with van der Waals surface area (Å²) in [5, 5.41) is 5.60. The molecule has 156 valence electrons. The normalized spacial score (nSPS) is 24.4. The number of urea groups is 1. The van der Waals surface area contributed by atoms with Gasteiger partial charge < -0.3 is 20.1 Å². The molecule has 2 heterocycles. The Morgan fingerprint density at radius 1 is 1.17 bits per heavy atom. The van der Waals surface area contributed by atoms with Gasteiger partial charge in [0.2, 0.25) is 5.91 Å². The highest BCUT2D eigenvalue weighted by atomic mass is 16.6. The van der Waals surface area contributed by atoms with Gasteiger partial charge in [-0.15, -0.1) is 0 Å². The molecule has 2 N–H and O–H groups in total. The second-order valence-electron chi connectivity index (χ2n) is 8.11. The fourth-order valence-electron chi connectivity index (χ4n) is 4.24. The number of hydrogen-bond donors (Lipinski definition) is 2. The Bertz CT molecular complexity index is 821. The molecule has 8 heteroatoms. The van der Waals surface area contributed by atoms with Crippen LogP contribution in [-0.4, -0.2) is 49.0 Å². The number of ether oxygens (including phenoxy) is 2. The monoisotopic (exact) mass is 401 g/mol. The number of rotatable bonds is 5. The van der Waals surface area contributed by atoms with Crippen molar-refractivity contribution >= 4 is 17.8 Å². The lowest BCUT2D eigenvalue weighted by Crippen LogP contribution is -2.44. The van der Waals surface area contributed by atoms with Gasteiger partial charge in [0, 0.05) is 6.54 Å². The van der Waals surface area contributed by atoms with Crippen LogP contribution in [0, 0.1) is 5.92 Å². The van der Waals surface area contributed by atoms with Crippen molar-refractivity contribution in [2.24, 2.45) is 5.92 Å². The first-order chi connectivity index (χ1) is 14.0. The average molecular weight is 401 g/mol. The Morgan fingerprint density at radius 2 is 1.90 bits per heavy atom. The standard InChI is InChI=1S/C21H27N3O5/c1-21(15-7-8-16-17(11-15)29-10-9-28-16)19(26)24(20(27)23-21)13-18(25)22-12-14-5-3-2-4-6-14/h7-8,11,14H,2-6,9-10,12-13H2,1H3,(H,22,25)(H,23,27). The molecule has 1 aromatic rings. The lowest BCUT2D eigenvalue weighted by atomic mass is 9.89. The molecule has 1 saturated heterocycles. The van der Waals surface area contributed by atoms with Crippen LogP contribution < -0.4 is 20.1 Å². The van der Waals surface area contributed by atoms with Crippen LogP contribution in [0.4, 0.5) is 4.79 Å². The number of imide groups is 1. The van der Waals surface area contributed by atoms with Crippen molar-refractivity contribution in [3.05, 3.63) is 23.8 Å². The molecule has 0 bridgehead atoms. The van der Waals surface area contributed by atoms with Gasteiger partial charge in [0.15, 0.2) is 11.5 Å². The van der Waals surface area contributed by atoms with Crippen molar-refractivity contribution in [3.63, 3.8) is 0 Å². The Kier molecular flexibility index (Phi) is 5.34. The number of carbonyl (C=O) groups excluding carboxylic acids is 3. The van der Waals surface area contributed by atoms with E-state index in [0.717, 1.165) is 17.7 Å². The molecular formula is C21H27N3O5. The number of nitrogens with zero attached hydrogens (tertiary/aromatic N) is 1. The van der Waals surface area contributed by atoms with Crippen LogP contribution >= 0.6 is 0 Å². The molecule has 4 rings (SSSR count). The van der Waals surface area contributed by atoms with Crippen molar-refractivity contribution in [1.82, 2.24) is 15.5 Å². The van der Waals surface area contributed by atoms with Gasteiger partial charge in [0.05, 0.1) is 0 Å². The van der Waals surface area contributed by atoms with Gasteiger partial charge in [0.1, 0.15) is 25.3 Å². The Hall–Kier alpha value is -2.77. The van der Waals surface area contributed by atoms with Gasteiger partial charge >= 0.3 is 6.03 Å². The van der Waals surface area contributed by atoms with E-state index in [1.165, 1.54) is 19.3 Å². The average Bonchev–Trinajstić information content (AvgIpc) is 2.96. The minimum Gasteiger partial charge on any atom is -0.486 e. The molecule has 1 atom stereocenters. The van der Waals surface area contributed by atoms with Crippen molar-refractivity contribution in [2.45, 2.75) is 44.6 Å². The number of benzene rings is 1. The first kappa shape index (κ1) is 19.5. The van der Waals surface area contributed by atoms with E-state index in [4.69, 9.17) is 9.47 Å². The highest BCUT2D eigenvalue weighted by Gasteiger charge is 2.49. The summed E-state index contributed by atoms with van der Waals surface area (Å²) in [4.78, 5) is 38.8. The third kappa shape index (κ3) is 3.88. The van der Waals surface area contributed by atoms with E-state index >= 15 is 0 Å². The summed E-state index contributed by atoms with van der Waals surface area (Å²) in [6.07, 6.45) is 5.88. The molecule has 2 aliphatic heterocycles.